The van der Waals surface area contributed by atoms with E-state index in [0.717, 1.165) is 35.5 Å². The van der Waals surface area contributed by atoms with E-state index < -0.39 is 10.0 Å². The number of hydrogen-bond acceptors (Lipinski definition) is 5. The number of anilines is 2. The monoisotopic (exact) mass is 469 g/mol. The van der Waals surface area contributed by atoms with Gasteiger partial charge in [-0.3, -0.25) is 4.79 Å². The Morgan fingerprint density at radius 1 is 1.03 bits per heavy atom. The van der Waals surface area contributed by atoms with E-state index in [4.69, 9.17) is 4.74 Å². The zero-order valence-electron chi connectivity index (χ0n) is 19.5. The third-order valence-electron chi connectivity index (χ3n) is 7.03. The minimum atomic E-state index is -3.62. The Balaban J connectivity index is 1.35. The Hall–Kier alpha value is -2.58. The predicted octanol–water partition coefficient (Wildman–Crippen LogP) is 3.24. The second-order valence-corrected chi connectivity index (χ2v) is 11.8. The van der Waals surface area contributed by atoms with E-state index in [9.17, 15) is 13.2 Å². The maximum absolute atomic E-state index is 13.5. The molecule has 0 bridgehead atoms. The highest BCUT2D eigenvalue weighted by Gasteiger charge is 2.43. The maximum atomic E-state index is 13.5. The van der Waals surface area contributed by atoms with Crippen molar-refractivity contribution in [3.8, 4) is 5.75 Å². The Labute approximate surface area is 196 Å². The zero-order chi connectivity index (χ0) is 23.4. The topological polar surface area (TPSA) is 70.2 Å². The van der Waals surface area contributed by atoms with Gasteiger partial charge in [0.2, 0.25) is 15.9 Å². The van der Waals surface area contributed by atoms with Crippen LogP contribution in [0.25, 0.3) is 0 Å². The van der Waals surface area contributed by atoms with Crippen LogP contribution in [0.2, 0.25) is 0 Å². The molecule has 3 aliphatic rings. The molecule has 1 saturated carbocycles. The normalized spacial score (nSPS) is 20.6. The van der Waals surface area contributed by atoms with Gasteiger partial charge in [-0.1, -0.05) is 19.9 Å². The minimum absolute atomic E-state index is 0.135. The van der Waals surface area contributed by atoms with E-state index >= 15 is 0 Å². The summed E-state index contributed by atoms with van der Waals surface area (Å²) in [5.41, 5.74) is 2.55. The molecule has 0 aromatic heterocycles. The van der Waals surface area contributed by atoms with Crippen molar-refractivity contribution in [2.45, 2.75) is 37.0 Å². The third-order valence-corrected chi connectivity index (χ3v) is 8.92. The molecule has 0 unspecified atom stereocenters. The summed E-state index contributed by atoms with van der Waals surface area (Å²) in [7, 11) is -1.97. The molecule has 2 aliphatic heterocycles. The van der Waals surface area contributed by atoms with E-state index in [1.54, 1.807) is 23.5 Å². The summed E-state index contributed by atoms with van der Waals surface area (Å²) in [5.74, 6) is 1.10. The smallest absolute Gasteiger partial charge is 0.243 e. The van der Waals surface area contributed by atoms with Gasteiger partial charge >= 0.3 is 0 Å². The van der Waals surface area contributed by atoms with Crippen LogP contribution < -0.4 is 14.5 Å². The molecule has 7 nitrogen and oxygen atoms in total. The highest BCUT2D eigenvalue weighted by Crippen LogP contribution is 2.44. The fourth-order valence-corrected chi connectivity index (χ4v) is 6.36. The first-order valence-corrected chi connectivity index (χ1v) is 13.0. The van der Waals surface area contributed by atoms with Gasteiger partial charge in [0.15, 0.2) is 0 Å². The van der Waals surface area contributed by atoms with Crippen molar-refractivity contribution in [2.75, 3.05) is 49.6 Å². The van der Waals surface area contributed by atoms with Crippen molar-refractivity contribution in [1.82, 2.24) is 4.31 Å². The van der Waals surface area contributed by atoms with Crippen LogP contribution in [0.15, 0.2) is 47.4 Å². The first kappa shape index (κ1) is 22.2. The molecule has 176 valence electrons. The number of hydrogen-bond donors (Lipinski definition) is 0. The first-order valence-electron chi connectivity index (χ1n) is 11.6. The highest BCUT2D eigenvalue weighted by atomic mass is 32.2. The molecule has 2 heterocycles. The number of sulfonamides is 1. The molecule has 2 aromatic rings. The molecule has 2 fully saturated rings. The van der Waals surface area contributed by atoms with Gasteiger partial charge in [-0.25, -0.2) is 8.42 Å². The van der Waals surface area contributed by atoms with Gasteiger partial charge < -0.3 is 14.5 Å². The molecule has 1 aliphatic carbocycles. The second-order valence-electron chi connectivity index (χ2n) is 9.85. The van der Waals surface area contributed by atoms with Gasteiger partial charge in [0.1, 0.15) is 5.75 Å². The lowest BCUT2D eigenvalue weighted by Crippen LogP contribution is -2.48. The van der Waals surface area contributed by atoms with Crippen molar-refractivity contribution in [3.05, 3.63) is 48.0 Å². The number of carbonyl (C=O) groups is 1. The fraction of sp³-hybridized carbons (Fsp3) is 0.480. The van der Waals surface area contributed by atoms with Gasteiger partial charge in [-0.2, -0.15) is 4.31 Å². The predicted molar refractivity (Wildman–Crippen MR) is 129 cm³/mol. The summed E-state index contributed by atoms with van der Waals surface area (Å²) < 4.78 is 33.8. The first-order chi connectivity index (χ1) is 15.7. The molecule has 8 heteroatoms. The number of amides is 1. The van der Waals surface area contributed by atoms with Crippen LogP contribution in [0.5, 0.6) is 5.75 Å². The second kappa shape index (κ2) is 8.02. The summed E-state index contributed by atoms with van der Waals surface area (Å²) in [4.78, 5) is 17.1. The highest BCUT2D eigenvalue weighted by molar-refractivity contribution is 7.89. The summed E-state index contributed by atoms with van der Waals surface area (Å²) in [5, 5.41) is 0. The molecule has 33 heavy (non-hydrogen) atoms. The van der Waals surface area contributed by atoms with Crippen molar-refractivity contribution in [3.63, 3.8) is 0 Å². The van der Waals surface area contributed by atoms with Crippen LogP contribution in [0.4, 0.5) is 11.4 Å². The van der Waals surface area contributed by atoms with Crippen LogP contribution in [-0.2, 0) is 20.2 Å². The number of fused-ring (bicyclic) bond motifs is 1. The number of rotatable bonds is 5. The number of benzene rings is 2. The molecule has 1 amide bonds. The van der Waals surface area contributed by atoms with Gasteiger partial charge in [0.05, 0.1) is 12.0 Å². The van der Waals surface area contributed by atoms with Crippen LogP contribution in [0.1, 0.15) is 32.3 Å². The van der Waals surface area contributed by atoms with Crippen molar-refractivity contribution in [1.29, 1.82) is 0 Å². The minimum Gasteiger partial charge on any atom is -0.497 e. The van der Waals surface area contributed by atoms with Gasteiger partial charge in [-0.05, 0) is 48.7 Å². The molecule has 0 radical (unpaired) electrons. The number of ether oxygens (including phenoxy) is 1. The molecule has 0 N–H and O–H groups in total. The Kier molecular flexibility index (Phi) is 5.40. The van der Waals surface area contributed by atoms with Crippen LogP contribution in [0.3, 0.4) is 0 Å². The van der Waals surface area contributed by atoms with E-state index in [-0.39, 0.29) is 17.2 Å². The summed E-state index contributed by atoms with van der Waals surface area (Å²) >= 11 is 0. The van der Waals surface area contributed by atoms with Crippen molar-refractivity contribution >= 4 is 27.3 Å². The lowest BCUT2D eigenvalue weighted by molar-refractivity contribution is -0.119. The molecular formula is C25H31N3O4S. The average molecular weight is 470 g/mol. The number of carbonyl (C=O) groups excluding carboxylic acids is 1. The van der Waals surface area contributed by atoms with Crippen molar-refractivity contribution in [2.24, 2.45) is 5.92 Å². The van der Waals surface area contributed by atoms with Gasteiger partial charge in [-0.15, -0.1) is 0 Å². The lowest BCUT2D eigenvalue weighted by atomic mass is 9.87. The van der Waals surface area contributed by atoms with E-state index in [1.165, 1.54) is 0 Å². The molecule has 0 atom stereocenters. The lowest BCUT2D eigenvalue weighted by Gasteiger charge is -2.35. The number of nitrogens with zero attached hydrogens (tertiary/aromatic N) is 3. The average Bonchev–Trinajstić information content (AvgIpc) is 3.64. The van der Waals surface area contributed by atoms with E-state index in [1.807, 2.05) is 35.2 Å². The molecular weight excluding hydrogens is 438 g/mol. The molecule has 1 saturated heterocycles. The van der Waals surface area contributed by atoms with Gasteiger partial charge in [0, 0.05) is 61.5 Å². The van der Waals surface area contributed by atoms with Gasteiger partial charge in [0.25, 0.3) is 0 Å². The Bertz CT molecular complexity index is 1180. The number of piperazine rings is 1. The van der Waals surface area contributed by atoms with Crippen LogP contribution in [0, 0.1) is 5.92 Å². The Morgan fingerprint density at radius 2 is 1.76 bits per heavy atom. The summed E-state index contributed by atoms with van der Waals surface area (Å²) in [6.45, 7) is 6.84. The molecule has 2 aromatic carbocycles. The number of methoxy groups -OCH3 is 1. The van der Waals surface area contributed by atoms with Crippen molar-refractivity contribution < 1.29 is 17.9 Å². The zero-order valence-corrected chi connectivity index (χ0v) is 20.3. The fourth-order valence-electron chi connectivity index (χ4n) is 4.91. The van der Waals surface area contributed by atoms with Crippen LogP contribution in [-0.4, -0.2) is 58.5 Å². The Morgan fingerprint density at radius 3 is 2.42 bits per heavy atom. The quantitative estimate of drug-likeness (QED) is 0.672. The molecule has 0 spiro atoms. The van der Waals surface area contributed by atoms with E-state index in [2.05, 4.69) is 18.7 Å². The standard InChI is InChI=1S/C25H31N3O4S/c1-25(2)17-28(24(29)18-7-8-18)23-10-9-21(16-22(23)25)33(30,31)27-13-11-26(12-14-27)19-5-4-6-20(15-19)32-3/h4-6,9-10,15-16,18H,7-8,11-14,17H2,1-3H3. The summed E-state index contributed by atoms with van der Waals surface area (Å²) in [6.07, 6.45) is 1.92. The largest absolute Gasteiger partial charge is 0.497 e. The van der Waals surface area contributed by atoms with E-state index in [0.29, 0.717) is 37.6 Å². The summed E-state index contributed by atoms with van der Waals surface area (Å²) in [6, 6.07) is 13.1. The molecule has 5 rings (SSSR count). The third kappa shape index (κ3) is 3.99. The SMILES string of the molecule is COc1cccc(N2CCN(S(=O)(=O)c3ccc4c(c3)C(C)(C)CN4C(=O)C3CC3)CC2)c1. The van der Waals surface area contributed by atoms with Crippen LogP contribution >= 0.6 is 0 Å². The maximum Gasteiger partial charge on any atom is 0.243 e.